The second kappa shape index (κ2) is 5.00. The Hall–Kier alpha value is -2.05. The molecule has 1 aliphatic rings. The molecular weight excluding hydrogens is 302 g/mol. The Balaban J connectivity index is 1.95. The molecule has 1 aliphatic heterocycles. The summed E-state index contributed by atoms with van der Waals surface area (Å²) in [4.78, 5) is 13.2. The standard InChI is InChI=1S/C15H16ClN5O/c1-20-5-7-21(8-6-20)14-13-12(18-15(17)19-14)11-9(16)3-2-4-10(11)22-13/h2-4H,5-8H2,1H3,(H2,17,18,19). The molecule has 1 aromatic carbocycles. The van der Waals surface area contributed by atoms with Crippen molar-refractivity contribution in [2.24, 2.45) is 0 Å². The maximum absolute atomic E-state index is 6.31. The quantitative estimate of drug-likeness (QED) is 0.743. The fraction of sp³-hybridized carbons (Fsp3) is 0.333. The van der Waals surface area contributed by atoms with Gasteiger partial charge >= 0.3 is 0 Å². The van der Waals surface area contributed by atoms with Crippen molar-refractivity contribution >= 4 is 45.4 Å². The van der Waals surface area contributed by atoms with Gasteiger partial charge in [-0.2, -0.15) is 4.98 Å². The van der Waals surface area contributed by atoms with Crippen LogP contribution in [-0.2, 0) is 0 Å². The Kier molecular flexibility index (Phi) is 3.09. The van der Waals surface area contributed by atoms with E-state index in [-0.39, 0.29) is 5.95 Å². The molecule has 22 heavy (non-hydrogen) atoms. The summed E-state index contributed by atoms with van der Waals surface area (Å²) >= 11 is 6.31. The first-order valence-corrected chi connectivity index (χ1v) is 7.59. The number of likely N-dealkylation sites (N-methyl/N-ethyl adjacent to an activating group) is 1. The van der Waals surface area contributed by atoms with Crippen LogP contribution in [0.25, 0.3) is 22.1 Å². The summed E-state index contributed by atoms with van der Waals surface area (Å²) in [7, 11) is 2.11. The largest absolute Gasteiger partial charge is 0.450 e. The minimum atomic E-state index is 0.240. The Morgan fingerprint density at radius 1 is 1.18 bits per heavy atom. The molecule has 1 saturated heterocycles. The fourth-order valence-electron chi connectivity index (χ4n) is 2.88. The van der Waals surface area contributed by atoms with E-state index < -0.39 is 0 Å². The van der Waals surface area contributed by atoms with E-state index in [4.69, 9.17) is 21.8 Å². The van der Waals surface area contributed by atoms with Gasteiger partial charge in [-0.15, -0.1) is 0 Å². The Morgan fingerprint density at radius 3 is 2.73 bits per heavy atom. The molecule has 0 amide bonds. The molecule has 7 heteroatoms. The first-order chi connectivity index (χ1) is 10.6. The van der Waals surface area contributed by atoms with Crippen molar-refractivity contribution in [2.75, 3.05) is 43.9 Å². The van der Waals surface area contributed by atoms with Crippen LogP contribution in [0.5, 0.6) is 0 Å². The number of benzene rings is 1. The number of nitrogens with two attached hydrogens (primary N) is 1. The van der Waals surface area contributed by atoms with Crippen LogP contribution in [0.1, 0.15) is 0 Å². The molecule has 1 fully saturated rings. The normalized spacial score (nSPS) is 16.7. The fourth-order valence-corrected chi connectivity index (χ4v) is 3.14. The third-order valence-corrected chi connectivity index (χ3v) is 4.41. The molecule has 2 aromatic heterocycles. The monoisotopic (exact) mass is 317 g/mol. The van der Waals surface area contributed by atoms with Crippen molar-refractivity contribution in [1.29, 1.82) is 0 Å². The van der Waals surface area contributed by atoms with Crippen LogP contribution in [0.4, 0.5) is 11.8 Å². The van der Waals surface area contributed by atoms with Crippen LogP contribution in [-0.4, -0.2) is 48.1 Å². The van der Waals surface area contributed by atoms with Crippen LogP contribution >= 0.6 is 11.6 Å². The molecule has 0 aliphatic carbocycles. The second-order valence-corrected chi connectivity index (χ2v) is 6.00. The number of hydrogen-bond donors (Lipinski definition) is 1. The third kappa shape index (κ3) is 2.07. The highest BCUT2D eigenvalue weighted by Gasteiger charge is 2.23. The molecule has 6 nitrogen and oxygen atoms in total. The lowest BCUT2D eigenvalue weighted by Crippen LogP contribution is -2.44. The number of halogens is 1. The predicted molar refractivity (Wildman–Crippen MR) is 88.4 cm³/mol. The predicted octanol–water partition coefficient (Wildman–Crippen LogP) is 2.36. The number of hydrogen-bond acceptors (Lipinski definition) is 6. The molecule has 0 saturated carbocycles. The molecule has 0 unspecified atom stereocenters. The van der Waals surface area contributed by atoms with Crippen molar-refractivity contribution in [2.45, 2.75) is 0 Å². The van der Waals surface area contributed by atoms with E-state index in [1.165, 1.54) is 0 Å². The molecule has 114 valence electrons. The van der Waals surface area contributed by atoms with Crippen LogP contribution in [0.15, 0.2) is 22.6 Å². The lowest BCUT2D eigenvalue weighted by molar-refractivity contribution is 0.312. The van der Waals surface area contributed by atoms with Crippen molar-refractivity contribution < 1.29 is 4.42 Å². The van der Waals surface area contributed by atoms with Gasteiger partial charge in [-0.25, -0.2) is 4.98 Å². The lowest BCUT2D eigenvalue weighted by Gasteiger charge is -2.33. The molecule has 0 radical (unpaired) electrons. The van der Waals surface area contributed by atoms with Crippen LogP contribution < -0.4 is 10.6 Å². The molecule has 4 rings (SSSR count). The summed E-state index contributed by atoms with van der Waals surface area (Å²) in [6.07, 6.45) is 0. The summed E-state index contributed by atoms with van der Waals surface area (Å²) in [5, 5.41) is 1.40. The number of anilines is 2. The van der Waals surface area contributed by atoms with Crippen LogP contribution in [0.3, 0.4) is 0 Å². The number of fused-ring (bicyclic) bond motifs is 3. The maximum Gasteiger partial charge on any atom is 0.222 e. The van der Waals surface area contributed by atoms with Gasteiger partial charge in [0.1, 0.15) is 11.1 Å². The van der Waals surface area contributed by atoms with Crippen molar-refractivity contribution in [3.05, 3.63) is 23.2 Å². The molecular formula is C15H16ClN5O. The number of piperazine rings is 1. The lowest BCUT2D eigenvalue weighted by atomic mass is 10.2. The number of nitrogen functional groups attached to an aromatic ring is 1. The zero-order valence-electron chi connectivity index (χ0n) is 12.2. The average Bonchev–Trinajstić information content (AvgIpc) is 2.87. The van der Waals surface area contributed by atoms with Gasteiger partial charge in [0, 0.05) is 26.2 Å². The molecule has 3 aromatic rings. The molecule has 2 N–H and O–H groups in total. The molecule has 0 bridgehead atoms. The van der Waals surface area contributed by atoms with Crippen LogP contribution in [0.2, 0.25) is 5.02 Å². The van der Waals surface area contributed by atoms with E-state index in [9.17, 15) is 0 Å². The van der Waals surface area contributed by atoms with E-state index >= 15 is 0 Å². The highest BCUT2D eigenvalue weighted by molar-refractivity contribution is 6.37. The van der Waals surface area contributed by atoms with Gasteiger partial charge in [-0.1, -0.05) is 17.7 Å². The summed E-state index contributed by atoms with van der Waals surface area (Å²) in [6, 6.07) is 5.57. The Labute approximate surface area is 132 Å². The van der Waals surface area contributed by atoms with E-state index in [0.717, 1.165) is 37.4 Å². The van der Waals surface area contributed by atoms with Gasteiger partial charge in [-0.3, -0.25) is 0 Å². The summed E-state index contributed by atoms with van der Waals surface area (Å²) in [5.41, 5.74) is 7.96. The van der Waals surface area contributed by atoms with Crippen molar-refractivity contribution in [1.82, 2.24) is 14.9 Å². The first-order valence-electron chi connectivity index (χ1n) is 7.21. The minimum absolute atomic E-state index is 0.240. The molecule has 0 atom stereocenters. The topological polar surface area (TPSA) is 71.4 Å². The number of rotatable bonds is 1. The van der Waals surface area contributed by atoms with Gasteiger partial charge in [0.05, 0.1) is 10.4 Å². The zero-order chi connectivity index (χ0) is 15.3. The highest BCUT2D eigenvalue weighted by Crippen LogP contribution is 2.37. The van der Waals surface area contributed by atoms with Gasteiger partial charge in [0.2, 0.25) is 5.95 Å². The van der Waals surface area contributed by atoms with Gasteiger partial charge in [-0.05, 0) is 19.2 Å². The Morgan fingerprint density at radius 2 is 1.95 bits per heavy atom. The molecule has 3 heterocycles. The Bertz CT molecular complexity index is 854. The van der Waals surface area contributed by atoms with Crippen molar-refractivity contribution in [3.63, 3.8) is 0 Å². The summed E-state index contributed by atoms with van der Waals surface area (Å²) < 4.78 is 5.98. The average molecular weight is 318 g/mol. The van der Waals surface area contributed by atoms with E-state index in [2.05, 4.69) is 26.8 Å². The van der Waals surface area contributed by atoms with E-state index in [1.54, 1.807) is 0 Å². The van der Waals surface area contributed by atoms with Crippen LogP contribution in [0, 0.1) is 0 Å². The third-order valence-electron chi connectivity index (χ3n) is 4.09. The first kappa shape index (κ1) is 13.6. The highest BCUT2D eigenvalue weighted by atomic mass is 35.5. The smallest absolute Gasteiger partial charge is 0.222 e. The zero-order valence-corrected chi connectivity index (χ0v) is 13.0. The summed E-state index contributed by atoms with van der Waals surface area (Å²) in [6.45, 7) is 3.72. The van der Waals surface area contributed by atoms with E-state index in [0.29, 0.717) is 21.7 Å². The SMILES string of the molecule is CN1CCN(c2nc(N)nc3c2oc2cccc(Cl)c23)CC1. The maximum atomic E-state index is 6.31. The number of nitrogens with zero attached hydrogens (tertiary/aromatic N) is 4. The van der Waals surface area contributed by atoms with E-state index in [1.807, 2.05) is 18.2 Å². The van der Waals surface area contributed by atoms with Gasteiger partial charge in [0.15, 0.2) is 11.4 Å². The van der Waals surface area contributed by atoms with Gasteiger partial charge < -0.3 is 20.0 Å². The summed E-state index contributed by atoms with van der Waals surface area (Å²) in [5.74, 6) is 0.993. The minimum Gasteiger partial charge on any atom is -0.450 e. The number of furan rings is 1. The number of aromatic nitrogens is 2. The van der Waals surface area contributed by atoms with Crippen molar-refractivity contribution in [3.8, 4) is 0 Å². The second-order valence-electron chi connectivity index (χ2n) is 5.59. The molecule has 0 spiro atoms. The van der Waals surface area contributed by atoms with Gasteiger partial charge in [0.25, 0.3) is 0 Å².